The first kappa shape index (κ1) is 15.9. The zero-order valence-corrected chi connectivity index (χ0v) is 15.4. The van der Waals surface area contributed by atoms with Crippen molar-refractivity contribution < 1.29 is 9.84 Å². The summed E-state index contributed by atoms with van der Waals surface area (Å²) in [6.07, 6.45) is 2.40. The number of fused-ring (bicyclic) bond motifs is 8. The number of hydrogen-bond donors (Lipinski definition) is 1. The molecule has 0 unspecified atom stereocenters. The molecule has 134 valence electrons. The van der Waals surface area contributed by atoms with Crippen molar-refractivity contribution in [3.63, 3.8) is 0 Å². The van der Waals surface area contributed by atoms with E-state index in [0.717, 1.165) is 19.4 Å². The molecular formula is C21H28N2O2. The molecule has 5 rings (SSSR count). The van der Waals surface area contributed by atoms with Gasteiger partial charge >= 0.3 is 0 Å². The smallest absolute Gasteiger partial charge is 0.0600 e. The fourth-order valence-electron chi connectivity index (χ4n) is 6.10. The molecule has 2 aromatic rings. The van der Waals surface area contributed by atoms with Crippen LogP contribution in [0.5, 0.6) is 0 Å². The molecule has 0 saturated carbocycles. The van der Waals surface area contributed by atoms with Gasteiger partial charge in [-0.2, -0.15) is 0 Å². The Labute approximate surface area is 149 Å². The van der Waals surface area contributed by atoms with Crippen molar-refractivity contribution in [1.29, 1.82) is 0 Å². The monoisotopic (exact) mass is 340 g/mol. The summed E-state index contributed by atoms with van der Waals surface area (Å²) in [4.78, 5) is 2.59. The summed E-state index contributed by atoms with van der Waals surface area (Å²) in [5, 5.41) is 11.4. The minimum Gasteiger partial charge on any atom is -0.396 e. The van der Waals surface area contributed by atoms with Crippen molar-refractivity contribution in [3.05, 3.63) is 35.5 Å². The Balaban J connectivity index is 1.65. The molecule has 25 heavy (non-hydrogen) atoms. The maximum absolute atomic E-state index is 9.99. The van der Waals surface area contributed by atoms with E-state index in [1.54, 1.807) is 5.56 Å². The van der Waals surface area contributed by atoms with Crippen LogP contribution in [0.2, 0.25) is 0 Å². The lowest BCUT2D eigenvalue weighted by molar-refractivity contribution is -0.150. The van der Waals surface area contributed by atoms with Gasteiger partial charge in [-0.05, 0) is 44.4 Å². The van der Waals surface area contributed by atoms with Crippen LogP contribution >= 0.6 is 0 Å². The van der Waals surface area contributed by atoms with Crippen LogP contribution in [0.25, 0.3) is 10.9 Å². The third kappa shape index (κ3) is 2.05. The molecule has 6 atom stereocenters. The van der Waals surface area contributed by atoms with Crippen LogP contribution in [0.15, 0.2) is 24.3 Å². The second kappa shape index (κ2) is 5.57. The van der Waals surface area contributed by atoms with Gasteiger partial charge in [0.05, 0.1) is 18.8 Å². The van der Waals surface area contributed by atoms with Gasteiger partial charge in [-0.15, -0.1) is 0 Å². The van der Waals surface area contributed by atoms with Crippen molar-refractivity contribution in [3.8, 4) is 0 Å². The van der Waals surface area contributed by atoms with Gasteiger partial charge in [0.1, 0.15) is 0 Å². The number of aliphatic hydroxyl groups is 1. The highest BCUT2D eigenvalue weighted by Gasteiger charge is 2.51. The van der Waals surface area contributed by atoms with Gasteiger partial charge in [-0.3, -0.25) is 4.90 Å². The summed E-state index contributed by atoms with van der Waals surface area (Å²) in [6.45, 7) is 3.21. The Morgan fingerprint density at radius 3 is 2.80 bits per heavy atom. The molecule has 3 aliphatic heterocycles. The van der Waals surface area contributed by atoms with Crippen LogP contribution in [0, 0.1) is 17.8 Å². The first-order valence-electron chi connectivity index (χ1n) is 9.62. The van der Waals surface area contributed by atoms with Gasteiger partial charge in [0.2, 0.25) is 0 Å². The van der Waals surface area contributed by atoms with E-state index in [1.807, 2.05) is 0 Å². The van der Waals surface area contributed by atoms with Crippen LogP contribution in [0.3, 0.4) is 0 Å². The number of aromatic nitrogens is 1. The van der Waals surface area contributed by atoms with Gasteiger partial charge in [-0.1, -0.05) is 18.2 Å². The van der Waals surface area contributed by atoms with Crippen LogP contribution in [-0.4, -0.2) is 47.0 Å². The van der Waals surface area contributed by atoms with Gasteiger partial charge in [0.15, 0.2) is 0 Å². The topological polar surface area (TPSA) is 37.6 Å². The Bertz CT molecular complexity index is 814. The van der Waals surface area contributed by atoms with Crippen LogP contribution in [0.4, 0.5) is 0 Å². The summed E-state index contributed by atoms with van der Waals surface area (Å²) in [5.74, 6) is 1.36. The number of rotatable bonds is 1. The third-order valence-electron chi connectivity index (χ3n) is 7.46. The lowest BCUT2D eigenvalue weighted by atomic mass is 9.64. The molecule has 0 amide bonds. The number of aliphatic hydroxyl groups excluding tert-OH is 1. The number of aryl methyl sites for hydroxylation is 1. The molecule has 0 spiro atoms. The van der Waals surface area contributed by atoms with E-state index < -0.39 is 0 Å². The lowest BCUT2D eigenvalue weighted by Gasteiger charge is -2.56. The second-order valence-electron chi connectivity index (χ2n) is 8.34. The SMILES string of the molecule is C[C@@H]1OC[C@@H]2[C@@H](C[C@H]3c4c(c5ccccc5n4C)C[C@@H]2N3C)[C@@H]1CO. The molecule has 0 aliphatic carbocycles. The summed E-state index contributed by atoms with van der Waals surface area (Å²) < 4.78 is 8.50. The molecule has 2 saturated heterocycles. The van der Waals surface area contributed by atoms with E-state index in [2.05, 4.69) is 54.8 Å². The fourth-order valence-corrected chi connectivity index (χ4v) is 6.10. The maximum atomic E-state index is 9.99. The van der Waals surface area contributed by atoms with Gasteiger partial charge < -0.3 is 14.4 Å². The molecule has 2 bridgehead atoms. The van der Waals surface area contributed by atoms with Crippen LogP contribution in [-0.2, 0) is 18.2 Å². The number of ether oxygens (including phenoxy) is 1. The molecule has 4 nitrogen and oxygen atoms in total. The van der Waals surface area contributed by atoms with E-state index in [1.165, 1.54) is 16.6 Å². The van der Waals surface area contributed by atoms with Crippen LogP contribution < -0.4 is 0 Å². The average Bonchev–Trinajstić information content (AvgIpc) is 2.88. The van der Waals surface area contributed by atoms with Crippen LogP contribution in [0.1, 0.15) is 30.6 Å². The van der Waals surface area contributed by atoms with Crippen molar-refractivity contribution in [2.24, 2.45) is 24.8 Å². The number of likely N-dealkylation sites (N-methyl/N-ethyl adjacent to an activating group) is 1. The molecule has 0 radical (unpaired) electrons. The Morgan fingerprint density at radius 2 is 2.00 bits per heavy atom. The summed E-state index contributed by atoms with van der Waals surface area (Å²) in [6, 6.07) is 9.79. The van der Waals surface area contributed by atoms with Gasteiger partial charge in [0.25, 0.3) is 0 Å². The Hall–Kier alpha value is -1.36. The predicted octanol–water partition coefficient (Wildman–Crippen LogP) is 2.74. The van der Waals surface area contributed by atoms with Crippen molar-refractivity contribution in [2.75, 3.05) is 20.3 Å². The highest BCUT2D eigenvalue weighted by molar-refractivity contribution is 5.86. The first-order valence-corrected chi connectivity index (χ1v) is 9.62. The maximum Gasteiger partial charge on any atom is 0.0600 e. The lowest BCUT2D eigenvalue weighted by Crippen LogP contribution is -2.59. The standard InChI is InChI=1S/C21H28N2O2/c1-12-16(10-24)14-8-20-21-15(9-19(22(20)2)17(14)11-25-12)13-6-4-5-7-18(13)23(21)3/h4-7,12,14,16-17,19-20,24H,8-11H2,1-3H3/t12-,14-,16+,17+,19-,20-/m0/s1. The molecular weight excluding hydrogens is 312 g/mol. The predicted molar refractivity (Wildman–Crippen MR) is 98.5 cm³/mol. The molecule has 3 aliphatic rings. The third-order valence-corrected chi connectivity index (χ3v) is 7.46. The average molecular weight is 340 g/mol. The largest absolute Gasteiger partial charge is 0.396 e. The summed E-state index contributed by atoms with van der Waals surface area (Å²) in [5.41, 5.74) is 4.39. The van der Waals surface area contributed by atoms with Gasteiger partial charge in [0, 0.05) is 48.1 Å². The van der Waals surface area contributed by atoms with E-state index in [0.29, 0.717) is 23.9 Å². The van der Waals surface area contributed by atoms with Gasteiger partial charge in [-0.25, -0.2) is 0 Å². The normalized spacial score (nSPS) is 37.8. The second-order valence-corrected chi connectivity index (χ2v) is 8.34. The number of nitrogens with zero attached hydrogens (tertiary/aromatic N) is 2. The minimum absolute atomic E-state index is 0.169. The minimum atomic E-state index is 0.169. The zero-order chi connectivity index (χ0) is 17.3. The zero-order valence-electron chi connectivity index (χ0n) is 15.4. The van der Waals surface area contributed by atoms with E-state index in [-0.39, 0.29) is 18.6 Å². The highest BCUT2D eigenvalue weighted by Crippen LogP contribution is 2.52. The molecule has 1 aromatic heterocycles. The summed E-state index contributed by atoms with van der Waals surface area (Å²) in [7, 11) is 4.51. The molecule has 2 fully saturated rings. The number of hydrogen-bond acceptors (Lipinski definition) is 3. The summed E-state index contributed by atoms with van der Waals surface area (Å²) >= 11 is 0. The quantitative estimate of drug-likeness (QED) is 0.867. The number of para-hydroxylation sites is 1. The van der Waals surface area contributed by atoms with E-state index >= 15 is 0 Å². The number of piperidine rings is 1. The highest BCUT2D eigenvalue weighted by atomic mass is 16.5. The molecule has 4 heteroatoms. The Kier molecular flexibility index (Phi) is 3.53. The molecule has 1 N–H and O–H groups in total. The van der Waals surface area contributed by atoms with Crippen molar-refractivity contribution >= 4 is 10.9 Å². The fraction of sp³-hybridized carbons (Fsp3) is 0.619. The molecule has 4 heterocycles. The van der Waals surface area contributed by atoms with Crippen molar-refractivity contribution in [2.45, 2.75) is 38.0 Å². The number of benzene rings is 1. The first-order chi connectivity index (χ1) is 12.1. The molecule has 1 aromatic carbocycles. The van der Waals surface area contributed by atoms with E-state index in [4.69, 9.17) is 4.74 Å². The van der Waals surface area contributed by atoms with Crippen molar-refractivity contribution in [1.82, 2.24) is 9.47 Å². The Morgan fingerprint density at radius 1 is 1.20 bits per heavy atom. The van der Waals surface area contributed by atoms with E-state index in [9.17, 15) is 5.11 Å².